The van der Waals surface area contributed by atoms with E-state index in [1.165, 1.54) is 0 Å². The fourth-order valence-corrected chi connectivity index (χ4v) is 3.01. The standard InChI is InChI=1S/C20H18N6O/c21-14-17(13-16-5-4-8-22-15-16)19-23-24-20(25-9-11-27-12-10-25)26(19)18-6-2-1-3-7-18/h1-8,13,15H,9-12H2/b17-13-. The number of morpholine rings is 1. The molecule has 3 heterocycles. The summed E-state index contributed by atoms with van der Waals surface area (Å²) in [5.74, 6) is 1.22. The average molecular weight is 358 g/mol. The number of aromatic nitrogens is 4. The van der Waals surface area contributed by atoms with Gasteiger partial charge in [0, 0.05) is 25.5 Å². The summed E-state index contributed by atoms with van der Waals surface area (Å²) in [4.78, 5) is 6.24. The third-order valence-electron chi connectivity index (χ3n) is 4.31. The molecule has 0 atom stereocenters. The third kappa shape index (κ3) is 3.57. The van der Waals surface area contributed by atoms with E-state index in [2.05, 4.69) is 26.2 Å². The number of anilines is 1. The predicted molar refractivity (Wildman–Crippen MR) is 102 cm³/mol. The molecule has 0 amide bonds. The highest BCUT2D eigenvalue weighted by Crippen LogP contribution is 2.26. The van der Waals surface area contributed by atoms with Crippen molar-refractivity contribution in [3.05, 3.63) is 66.2 Å². The van der Waals surface area contributed by atoms with E-state index in [-0.39, 0.29) is 0 Å². The van der Waals surface area contributed by atoms with Crippen LogP contribution >= 0.6 is 0 Å². The van der Waals surface area contributed by atoms with Crippen LogP contribution in [0.25, 0.3) is 17.3 Å². The van der Waals surface area contributed by atoms with E-state index >= 15 is 0 Å². The molecular weight excluding hydrogens is 340 g/mol. The maximum Gasteiger partial charge on any atom is 0.232 e. The van der Waals surface area contributed by atoms with Crippen LogP contribution in [0, 0.1) is 11.3 Å². The van der Waals surface area contributed by atoms with Crippen LogP contribution in [-0.2, 0) is 4.74 Å². The number of ether oxygens (including phenoxy) is 1. The van der Waals surface area contributed by atoms with E-state index in [0.29, 0.717) is 30.6 Å². The zero-order valence-corrected chi connectivity index (χ0v) is 14.7. The first-order valence-corrected chi connectivity index (χ1v) is 8.72. The molecular formula is C20H18N6O. The van der Waals surface area contributed by atoms with Gasteiger partial charge in [0.2, 0.25) is 5.95 Å². The second-order valence-corrected chi connectivity index (χ2v) is 6.05. The van der Waals surface area contributed by atoms with Gasteiger partial charge < -0.3 is 9.64 Å². The molecule has 0 aliphatic carbocycles. The molecule has 1 aromatic carbocycles. The molecule has 0 unspecified atom stereocenters. The molecule has 1 fully saturated rings. The summed E-state index contributed by atoms with van der Waals surface area (Å²) in [6.45, 7) is 2.76. The molecule has 1 aliphatic rings. The zero-order valence-electron chi connectivity index (χ0n) is 14.7. The zero-order chi connectivity index (χ0) is 18.5. The number of pyridine rings is 1. The highest BCUT2D eigenvalue weighted by molar-refractivity contribution is 5.87. The van der Waals surface area contributed by atoms with E-state index in [4.69, 9.17) is 4.74 Å². The van der Waals surface area contributed by atoms with E-state index in [0.717, 1.165) is 24.3 Å². The van der Waals surface area contributed by atoms with E-state index in [1.807, 2.05) is 47.0 Å². The van der Waals surface area contributed by atoms with Gasteiger partial charge in [-0.1, -0.05) is 24.3 Å². The lowest BCUT2D eigenvalue weighted by Crippen LogP contribution is -2.38. The van der Waals surface area contributed by atoms with E-state index in [1.54, 1.807) is 18.5 Å². The summed E-state index contributed by atoms with van der Waals surface area (Å²) in [5, 5.41) is 18.5. The summed E-state index contributed by atoms with van der Waals surface area (Å²) in [6, 6.07) is 15.8. The van der Waals surface area contributed by atoms with Crippen LogP contribution in [0.15, 0.2) is 54.9 Å². The van der Waals surface area contributed by atoms with Crippen molar-refractivity contribution in [2.24, 2.45) is 0 Å². The number of hydrogen-bond donors (Lipinski definition) is 0. The Morgan fingerprint density at radius 2 is 1.89 bits per heavy atom. The first kappa shape index (κ1) is 16.9. The molecule has 3 aromatic rings. The van der Waals surface area contributed by atoms with Gasteiger partial charge in [0.25, 0.3) is 0 Å². The van der Waals surface area contributed by atoms with Gasteiger partial charge in [-0.2, -0.15) is 5.26 Å². The van der Waals surface area contributed by atoms with Crippen LogP contribution in [0.3, 0.4) is 0 Å². The van der Waals surface area contributed by atoms with Gasteiger partial charge >= 0.3 is 0 Å². The van der Waals surface area contributed by atoms with Crippen LogP contribution < -0.4 is 4.90 Å². The Bertz CT molecular complexity index is 969. The van der Waals surface area contributed by atoms with Crippen molar-refractivity contribution >= 4 is 17.6 Å². The fourth-order valence-electron chi connectivity index (χ4n) is 3.01. The lowest BCUT2D eigenvalue weighted by atomic mass is 10.1. The summed E-state index contributed by atoms with van der Waals surface area (Å²) < 4.78 is 7.38. The number of nitriles is 1. The maximum absolute atomic E-state index is 9.78. The van der Waals surface area contributed by atoms with Crippen LogP contribution in [0.1, 0.15) is 11.4 Å². The molecule has 0 N–H and O–H groups in total. The van der Waals surface area contributed by atoms with Gasteiger partial charge in [0.15, 0.2) is 5.82 Å². The average Bonchev–Trinajstić information content (AvgIpc) is 3.19. The number of allylic oxidation sites excluding steroid dienone is 1. The lowest BCUT2D eigenvalue weighted by molar-refractivity contribution is 0.122. The number of hydrogen-bond acceptors (Lipinski definition) is 6. The third-order valence-corrected chi connectivity index (χ3v) is 4.31. The van der Waals surface area contributed by atoms with Crippen molar-refractivity contribution in [3.8, 4) is 11.8 Å². The van der Waals surface area contributed by atoms with Crippen molar-refractivity contribution in [1.29, 1.82) is 5.26 Å². The molecule has 2 aromatic heterocycles. The van der Waals surface area contributed by atoms with Crippen molar-refractivity contribution in [1.82, 2.24) is 19.7 Å². The highest BCUT2D eigenvalue weighted by Gasteiger charge is 2.23. The molecule has 27 heavy (non-hydrogen) atoms. The normalized spacial score (nSPS) is 14.8. The summed E-state index contributed by atoms with van der Waals surface area (Å²) in [7, 11) is 0. The number of para-hydroxylation sites is 1. The highest BCUT2D eigenvalue weighted by atomic mass is 16.5. The molecule has 0 saturated carbocycles. The van der Waals surface area contributed by atoms with Crippen LogP contribution in [0.2, 0.25) is 0 Å². The molecule has 1 aliphatic heterocycles. The van der Waals surface area contributed by atoms with Crippen molar-refractivity contribution in [3.63, 3.8) is 0 Å². The fraction of sp³-hybridized carbons (Fsp3) is 0.200. The SMILES string of the molecule is N#C/C(=C/c1cccnc1)c1nnc(N2CCOCC2)n1-c1ccccc1. The quantitative estimate of drug-likeness (QED) is 0.667. The first-order chi connectivity index (χ1) is 13.4. The number of rotatable bonds is 4. The maximum atomic E-state index is 9.78. The molecule has 1 saturated heterocycles. The molecule has 7 nitrogen and oxygen atoms in total. The number of benzene rings is 1. The molecule has 7 heteroatoms. The topological polar surface area (TPSA) is 79.9 Å². The monoisotopic (exact) mass is 358 g/mol. The van der Waals surface area contributed by atoms with Crippen molar-refractivity contribution < 1.29 is 4.74 Å². The van der Waals surface area contributed by atoms with Gasteiger partial charge in [0.05, 0.1) is 24.5 Å². The van der Waals surface area contributed by atoms with Crippen molar-refractivity contribution in [2.75, 3.05) is 31.2 Å². The molecule has 4 rings (SSSR count). The summed E-state index contributed by atoms with van der Waals surface area (Å²) in [6.07, 6.45) is 5.19. The minimum atomic E-state index is 0.430. The van der Waals surface area contributed by atoms with Crippen molar-refractivity contribution in [2.45, 2.75) is 0 Å². The van der Waals surface area contributed by atoms with E-state index in [9.17, 15) is 5.26 Å². The Morgan fingerprint density at radius 3 is 2.59 bits per heavy atom. The second kappa shape index (κ2) is 7.81. The van der Waals surface area contributed by atoms with Crippen LogP contribution in [-0.4, -0.2) is 46.1 Å². The van der Waals surface area contributed by atoms with Gasteiger partial charge in [-0.3, -0.25) is 9.55 Å². The molecule has 0 radical (unpaired) electrons. The first-order valence-electron chi connectivity index (χ1n) is 8.72. The molecule has 134 valence electrons. The summed E-state index contributed by atoms with van der Waals surface area (Å²) in [5.41, 5.74) is 2.18. The summed E-state index contributed by atoms with van der Waals surface area (Å²) >= 11 is 0. The van der Waals surface area contributed by atoms with Gasteiger partial charge in [0.1, 0.15) is 6.07 Å². The van der Waals surface area contributed by atoms with Gasteiger partial charge in [-0.15, -0.1) is 10.2 Å². The van der Waals surface area contributed by atoms with Gasteiger partial charge in [-0.05, 0) is 29.8 Å². The minimum Gasteiger partial charge on any atom is -0.378 e. The Labute approximate surface area is 157 Å². The Hall–Kier alpha value is -3.50. The smallest absolute Gasteiger partial charge is 0.232 e. The minimum absolute atomic E-state index is 0.430. The Balaban J connectivity index is 1.84. The predicted octanol–water partition coefficient (Wildman–Crippen LogP) is 2.56. The largest absolute Gasteiger partial charge is 0.378 e. The van der Waals surface area contributed by atoms with Gasteiger partial charge in [-0.25, -0.2) is 0 Å². The molecule has 0 bridgehead atoms. The van der Waals surface area contributed by atoms with Crippen LogP contribution in [0.5, 0.6) is 0 Å². The second-order valence-electron chi connectivity index (χ2n) is 6.05. The van der Waals surface area contributed by atoms with E-state index < -0.39 is 0 Å². The Morgan fingerprint density at radius 1 is 1.07 bits per heavy atom. The van der Waals surface area contributed by atoms with Crippen LogP contribution in [0.4, 0.5) is 5.95 Å². The Kier molecular flexibility index (Phi) is 4.90. The lowest BCUT2D eigenvalue weighted by Gasteiger charge is -2.28. The molecule has 0 spiro atoms. The number of nitrogens with zero attached hydrogens (tertiary/aromatic N) is 6.